The lowest BCUT2D eigenvalue weighted by Gasteiger charge is -2.24. The molecule has 0 aromatic heterocycles. The number of aliphatic hydroxyl groups is 1. The summed E-state index contributed by atoms with van der Waals surface area (Å²) in [6.07, 6.45) is -0.207. The molecule has 0 saturated heterocycles. The SMILES string of the molecule is CCOC(=O)CCC(=O)CN(CC(O)CC)C(=O)c1ccccc1. The van der Waals surface area contributed by atoms with Crippen molar-refractivity contribution in [2.24, 2.45) is 0 Å². The number of hydrogen-bond acceptors (Lipinski definition) is 5. The van der Waals surface area contributed by atoms with Gasteiger partial charge in [-0.1, -0.05) is 25.1 Å². The van der Waals surface area contributed by atoms with Gasteiger partial charge >= 0.3 is 5.97 Å². The van der Waals surface area contributed by atoms with Crippen molar-refractivity contribution in [3.05, 3.63) is 35.9 Å². The molecule has 0 fully saturated rings. The minimum atomic E-state index is -0.699. The van der Waals surface area contributed by atoms with E-state index in [0.717, 1.165) is 0 Å². The zero-order valence-corrected chi connectivity index (χ0v) is 14.2. The number of nitrogens with zero attached hydrogens (tertiary/aromatic N) is 1. The minimum absolute atomic E-state index is 0.00360. The van der Waals surface area contributed by atoms with Gasteiger partial charge < -0.3 is 14.7 Å². The third kappa shape index (κ3) is 6.91. The van der Waals surface area contributed by atoms with Crippen LogP contribution in [0.25, 0.3) is 0 Å². The number of amides is 1. The molecule has 1 N–H and O–H groups in total. The van der Waals surface area contributed by atoms with Crippen LogP contribution in [-0.4, -0.2) is 53.5 Å². The van der Waals surface area contributed by atoms with Gasteiger partial charge in [0.2, 0.25) is 0 Å². The average Bonchev–Trinajstić information content (AvgIpc) is 2.59. The van der Waals surface area contributed by atoms with Crippen LogP contribution in [0, 0.1) is 0 Å². The first-order valence-electron chi connectivity index (χ1n) is 8.17. The van der Waals surface area contributed by atoms with E-state index in [2.05, 4.69) is 0 Å². The Bertz CT molecular complexity index is 544. The van der Waals surface area contributed by atoms with Gasteiger partial charge in [-0.2, -0.15) is 0 Å². The average molecular weight is 335 g/mol. The molecule has 0 aliphatic rings. The molecule has 1 atom stereocenters. The van der Waals surface area contributed by atoms with Crippen molar-refractivity contribution < 1.29 is 24.2 Å². The molecule has 0 aliphatic heterocycles. The largest absolute Gasteiger partial charge is 0.466 e. The molecule has 1 amide bonds. The van der Waals surface area contributed by atoms with Crippen molar-refractivity contribution in [2.45, 2.75) is 39.2 Å². The topological polar surface area (TPSA) is 83.9 Å². The maximum Gasteiger partial charge on any atom is 0.306 e. The molecule has 0 heterocycles. The van der Waals surface area contributed by atoms with E-state index in [4.69, 9.17) is 4.74 Å². The lowest BCUT2D eigenvalue weighted by molar-refractivity contribution is -0.144. The Morgan fingerprint density at radius 3 is 2.38 bits per heavy atom. The summed E-state index contributed by atoms with van der Waals surface area (Å²) in [4.78, 5) is 37.3. The highest BCUT2D eigenvalue weighted by Crippen LogP contribution is 2.08. The van der Waals surface area contributed by atoms with Crippen molar-refractivity contribution in [2.75, 3.05) is 19.7 Å². The van der Waals surface area contributed by atoms with Gasteiger partial charge in [0.05, 0.1) is 25.7 Å². The number of hydrogen-bond donors (Lipinski definition) is 1. The molecule has 0 spiro atoms. The quantitative estimate of drug-likeness (QED) is 0.659. The standard InChI is InChI=1S/C18H25NO5/c1-3-15(20)12-19(18(23)14-8-6-5-7-9-14)13-16(21)10-11-17(22)24-4-2/h5-9,15,20H,3-4,10-13H2,1-2H3. The first kappa shape index (κ1) is 19.8. The van der Waals surface area contributed by atoms with Crippen LogP contribution in [-0.2, 0) is 14.3 Å². The zero-order valence-electron chi connectivity index (χ0n) is 14.2. The van der Waals surface area contributed by atoms with Crippen molar-refractivity contribution in [1.82, 2.24) is 4.90 Å². The summed E-state index contributed by atoms with van der Waals surface area (Å²) in [6, 6.07) is 8.61. The second kappa shape index (κ2) is 10.5. The highest BCUT2D eigenvalue weighted by atomic mass is 16.5. The molecule has 0 bridgehead atoms. The second-order valence-corrected chi connectivity index (χ2v) is 5.46. The number of benzene rings is 1. The molecule has 6 nitrogen and oxygen atoms in total. The normalized spacial score (nSPS) is 11.6. The van der Waals surface area contributed by atoms with Gasteiger partial charge in [0.1, 0.15) is 0 Å². The zero-order chi connectivity index (χ0) is 17.9. The molecule has 24 heavy (non-hydrogen) atoms. The van der Waals surface area contributed by atoms with Gasteiger partial charge in [-0.25, -0.2) is 0 Å². The molecule has 0 aliphatic carbocycles. The Morgan fingerprint density at radius 2 is 1.79 bits per heavy atom. The minimum Gasteiger partial charge on any atom is -0.466 e. The Kier molecular flexibility index (Phi) is 8.71. The van der Waals surface area contributed by atoms with E-state index in [9.17, 15) is 19.5 Å². The number of carbonyl (C=O) groups excluding carboxylic acids is 3. The van der Waals surface area contributed by atoms with Crippen LogP contribution in [0.3, 0.4) is 0 Å². The van der Waals surface area contributed by atoms with E-state index >= 15 is 0 Å². The number of aliphatic hydroxyl groups excluding tert-OH is 1. The third-order valence-corrected chi connectivity index (χ3v) is 3.49. The Hall–Kier alpha value is -2.21. The van der Waals surface area contributed by atoms with Crippen LogP contribution in [0.1, 0.15) is 43.5 Å². The Balaban J connectivity index is 2.70. The molecule has 1 aromatic carbocycles. The summed E-state index contributed by atoms with van der Waals surface area (Å²) in [6.45, 7) is 3.72. The predicted octanol–water partition coefficient (Wildman–Crippen LogP) is 1.81. The maximum absolute atomic E-state index is 12.5. The summed E-state index contributed by atoms with van der Waals surface area (Å²) in [5.41, 5.74) is 0.457. The first-order chi connectivity index (χ1) is 11.5. The molecular weight excluding hydrogens is 310 g/mol. The van der Waals surface area contributed by atoms with Crippen LogP contribution >= 0.6 is 0 Å². The van der Waals surface area contributed by atoms with Gasteiger partial charge in [-0.05, 0) is 25.5 Å². The smallest absolute Gasteiger partial charge is 0.306 e. The van der Waals surface area contributed by atoms with Crippen LogP contribution in [0.5, 0.6) is 0 Å². The molecule has 1 rings (SSSR count). The molecule has 132 valence electrons. The lowest BCUT2D eigenvalue weighted by atomic mass is 10.1. The van der Waals surface area contributed by atoms with Crippen LogP contribution in [0.15, 0.2) is 30.3 Å². The third-order valence-electron chi connectivity index (χ3n) is 3.49. The van der Waals surface area contributed by atoms with E-state index in [1.54, 1.807) is 44.2 Å². The predicted molar refractivity (Wildman–Crippen MR) is 89.5 cm³/mol. The maximum atomic E-state index is 12.5. The van der Waals surface area contributed by atoms with Gasteiger partial charge in [0, 0.05) is 18.5 Å². The monoisotopic (exact) mass is 335 g/mol. The number of carbonyl (C=O) groups is 3. The summed E-state index contributed by atoms with van der Waals surface area (Å²) in [5.74, 6) is -0.983. The number of rotatable bonds is 10. The number of ketones is 1. The van der Waals surface area contributed by atoms with Gasteiger partial charge in [0.15, 0.2) is 5.78 Å². The van der Waals surface area contributed by atoms with Crippen molar-refractivity contribution in [3.63, 3.8) is 0 Å². The molecule has 6 heteroatoms. The fraction of sp³-hybridized carbons (Fsp3) is 0.500. The number of ether oxygens (including phenoxy) is 1. The van der Waals surface area contributed by atoms with Crippen molar-refractivity contribution in [1.29, 1.82) is 0 Å². The highest BCUT2D eigenvalue weighted by Gasteiger charge is 2.21. The van der Waals surface area contributed by atoms with Crippen LogP contribution in [0.4, 0.5) is 0 Å². The van der Waals surface area contributed by atoms with Crippen molar-refractivity contribution in [3.8, 4) is 0 Å². The molecular formula is C18H25NO5. The van der Waals surface area contributed by atoms with Crippen LogP contribution < -0.4 is 0 Å². The van der Waals surface area contributed by atoms with E-state index in [1.807, 2.05) is 0 Å². The fourth-order valence-corrected chi connectivity index (χ4v) is 2.13. The van der Waals surface area contributed by atoms with E-state index in [-0.39, 0.29) is 44.2 Å². The van der Waals surface area contributed by atoms with E-state index in [1.165, 1.54) is 4.90 Å². The second-order valence-electron chi connectivity index (χ2n) is 5.46. The van der Waals surface area contributed by atoms with Crippen molar-refractivity contribution >= 4 is 17.7 Å². The number of esters is 1. The summed E-state index contributed by atoms with van der Waals surface area (Å²) >= 11 is 0. The highest BCUT2D eigenvalue weighted by molar-refractivity contribution is 5.97. The molecule has 1 unspecified atom stereocenters. The molecule has 1 aromatic rings. The van der Waals surface area contributed by atoms with E-state index in [0.29, 0.717) is 12.0 Å². The first-order valence-corrected chi connectivity index (χ1v) is 8.17. The van der Waals surface area contributed by atoms with Gasteiger partial charge in [0.25, 0.3) is 5.91 Å². The van der Waals surface area contributed by atoms with Crippen LogP contribution in [0.2, 0.25) is 0 Å². The van der Waals surface area contributed by atoms with Gasteiger partial charge in [-0.15, -0.1) is 0 Å². The summed E-state index contributed by atoms with van der Waals surface area (Å²) in [5, 5.41) is 9.85. The van der Waals surface area contributed by atoms with E-state index < -0.39 is 12.1 Å². The molecule has 0 radical (unpaired) electrons. The summed E-state index contributed by atoms with van der Waals surface area (Å²) < 4.78 is 4.78. The fourth-order valence-electron chi connectivity index (χ4n) is 2.13. The summed E-state index contributed by atoms with van der Waals surface area (Å²) in [7, 11) is 0. The number of Topliss-reactive ketones (excluding diaryl/α,β-unsaturated/α-hetero) is 1. The molecule has 0 saturated carbocycles. The Morgan fingerprint density at radius 1 is 1.12 bits per heavy atom. The van der Waals surface area contributed by atoms with Gasteiger partial charge in [-0.3, -0.25) is 14.4 Å². The Labute approximate surface area is 142 Å². The lowest BCUT2D eigenvalue weighted by Crippen LogP contribution is -2.40.